The van der Waals surface area contributed by atoms with E-state index in [0.29, 0.717) is 23.0 Å². The van der Waals surface area contributed by atoms with E-state index in [0.717, 1.165) is 66.8 Å². The van der Waals surface area contributed by atoms with Gasteiger partial charge in [0.05, 0.1) is 11.6 Å². The van der Waals surface area contributed by atoms with E-state index in [4.69, 9.17) is 15.0 Å². The molecule has 0 spiro atoms. The normalized spacial score (nSPS) is 11.5. The van der Waals surface area contributed by atoms with E-state index in [9.17, 15) is 5.26 Å². The molecule has 0 bridgehead atoms. The third-order valence-corrected chi connectivity index (χ3v) is 14.6. The average Bonchev–Trinajstić information content (AvgIpc) is 3.84. The van der Waals surface area contributed by atoms with Gasteiger partial charge in [-0.25, -0.2) is 15.0 Å². The summed E-state index contributed by atoms with van der Waals surface area (Å²) in [6, 6.07) is 92.3. The first-order valence-electron chi connectivity index (χ1n) is 25.0. The van der Waals surface area contributed by atoms with Crippen molar-refractivity contribution in [2.24, 2.45) is 0 Å². The fraction of sp³-hybridized carbons (Fsp3) is 0. The van der Waals surface area contributed by atoms with Crippen LogP contribution in [-0.2, 0) is 0 Å². The van der Waals surface area contributed by atoms with E-state index in [2.05, 4.69) is 218 Å². The SMILES string of the molecule is N#Cc1cc(-c2cccc(-c3cccc(-c4nc(-c5ccccc5)nc(-c5cccc(-c6cc7ccccc7c7ccccc67)c5)n4)c3)c2)cc(-c2cccc(-c3ccc4c5c(cccc35)-c3ccccc3-4)c2)c1. The molecule has 4 heteroatoms. The average molecular weight is 939 g/mol. The standard InChI is InChI=1S/C70H42N4/c71-43-44-35-55(41-56(36-44)49-21-11-22-50(38-49)58-33-34-65-61-29-8-7-28-60(61)64-32-14-31-63(58)67(64)65)48-20-10-18-46(37-48)47-19-12-24-53(39-47)69-72-68(45-15-2-1-3-16-45)73-70(74-69)54-25-13-23-51(40-54)66-42-52-17-4-5-26-57(52)59-27-6-9-30-62(59)66/h1-42H. The predicted molar refractivity (Wildman–Crippen MR) is 305 cm³/mol. The Morgan fingerprint density at radius 3 is 1.31 bits per heavy atom. The van der Waals surface area contributed by atoms with Crippen molar-refractivity contribution in [3.63, 3.8) is 0 Å². The van der Waals surface area contributed by atoms with Crippen LogP contribution < -0.4 is 0 Å². The van der Waals surface area contributed by atoms with Crippen molar-refractivity contribution in [1.29, 1.82) is 5.26 Å². The van der Waals surface area contributed by atoms with Gasteiger partial charge in [0.25, 0.3) is 0 Å². The van der Waals surface area contributed by atoms with Crippen LogP contribution >= 0.6 is 0 Å². The Kier molecular flexibility index (Phi) is 10.2. The van der Waals surface area contributed by atoms with E-state index in [-0.39, 0.29) is 0 Å². The number of nitrogens with zero attached hydrogens (tertiary/aromatic N) is 4. The molecule has 14 rings (SSSR count). The number of hydrogen-bond acceptors (Lipinski definition) is 4. The summed E-state index contributed by atoms with van der Waals surface area (Å²) in [6.45, 7) is 0. The summed E-state index contributed by atoms with van der Waals surface area (Å²) >= 11 is 0. The van der Waals surface area contributed by atoms with Gasteiger partial charge in [-0.15, -0.1) is 0 Å². The van der Waals surface area contributed by atoms with Crippen molar-refractivity contribution in [2.75, 3.05) is 0 Å². The van der Waals surface area contributed by atoms with Crippen LogP contribution in [0.5, 0.6) is 0 Å². The monoisotopic (exact) mass is 938 g/mol. The number of aromatic nitrogens is 3. The van der Waals surface area contributed by atoms with Crippen molar-refractivity contribution in [2.45, 2.75) is 0 Å². The lowest BCUT2D eigenvalue weighted by molar-refractivity contribution is 1.07. The largest absolute Gasteiger partial charge is 0.208 e. The zero-order chi connectivity index (χ0) is 49.1. The van der Waals surface area contributed by atoms with Gasteiger partial charge in [-0.2, -0.15) is 5.26 Å². The smallest absolute Gasteiger partial charge is 0.164 e. The van der Waals surface area contributed by atoms with Crippen molar-refractivity contribution in [3.05, 3.63) is 260 Å². The van der Waals surface area contributed by atoms with E-state index < -0.39 is 0 Å². The van der Waals surface area contributed by atoms with Crippen LogP contribution in [0, 0.1) is 11.3 Å². The summed E-state index contributed by atoms with van der Waals surface area (Å²) in [5.74, 6) is 1.79. The molecule has 0 radical (unpaired) electrons. The number of fused-ring (bicyclic) bond motifs is 6. The Balaban J connectivity index is 0.815. The van der Waals surface area contributed by atoms with Gasteiger partial charge in [0, 0.05) is 16.7 Å². The fourth-order valence-electron chi connectivity index (χ4n) is 11.1. The second kappa shape index (κ2) is 17.6. The molecule has 1 aromatic heterocycles. The first-order chi connectivity index (χ1) is 36.6. The molecular weight excluding hydrogens is 897 g/mol. The molecule has 0 unspecified atom stereocenters. The van der Waals surface area contributed by atoms with Gasteiger partial charge < -0.3 is 0 Å². The van der Waals surface area contributed by atoms with Gasteiger partial charge in [0.2, 0.25) is 0 Å². The highest BCUT2D eigenvalue weighted by Crippen LogP contribution is 2.49. The fourth-order valence-corrected chi connectivity index (χ4v) is 11.1. The lowest BCUT2D eigenvalue weighted by Crippen LogP contribution is -2.00. The molecule has 74 heavy (non-hydrogen) atoms. The molecule has 0 amide bonds. The maximum atomic E-state index is 10.4. The first-order valence-corrected chi connectivity index (χ1v) is 25.0. The van der Waals surface area contributed by atoms with E-state index in [1.54, 1.807) is 0 Å². The van der Waals surface area contributed by atoms with Gasteiger partial charge in [0.15, 0.2) is 17.5 Å². The van der Waals surface area contributed by atoms with Crippen LogP contribution in [0.3, 0.4) is 0 Å². The minimum Gasteiger partial charge on any atom is -0.208 e. The highest BCUT2D eigenvalue weighted by atomic mass is 15.0. The van der Waals surface area contributed by atoms with Gasteiger partial charge in [-0.1, -0.05) is 206 Å². The summed E-state index contributed by atoms with van der Waals surface area (Å²) < 4.78 is 0. The number of benzene rings is 12. The molecule has 4 nitrogen and oxygen atoms in total. The Morgan fingerprint density at radius 1 is 0.243 bits per heavy atom. The molecule has 0 saturated heterocycles. The molecule has 12 aromatic carbocycles. The Hall–Kier alpha value is -10.1. The van der Waals surface area contributed by atoms with Gasteiger partial charge in [-0.05, 0) is 159 Å². The van der Waals surface area contributed by atoms with Crippen LogP contribution in [0.15, 0.2) is 255 Å². The highest BCUT2D eigenvalue weighted by Gasteiger charge is 2.23. The molecule has 0 atom stereocenters. The molecular formula is C70H42N4. The molecule has 0 N–H and O–H groups in total. The zero-order valence-corrected chi connectivity index (χ0v) is 40.0. The topological polar surface area (TPSA) is 62.5 Å². The van der Waals surface area contributed by atoms with Crippen molar-refractivity contribution in [1.82, 2.24) is 15.0 Å². The van der Waals surface area contributed by atoms with Gasteiger partial charge >= 0.3 is 0 Å². The number of hydrogen-bond donors (Lipinski definition) is 0. The van der Waals surface area contributed by atoms with Crippen molar-refractivity contribution >= 4 is 32.3 Å². The lowest BCUT2D eigenvalue weighted by Gasteiger charge is -2.13. The van der Waals surface area contributed by atoms with Crippen LogP contribution in [-0.4, -0.2) is 15.0 Å². The van der Waals surface area contributed by atoms with Gasteiger partial charge in [-0.3, -0.25) is 0 Å². The van der Waals surface area contributed by atoms with Crippen LogP contribution in [0.25, 0.3) is 144 Å². The number of nitriles is 1. The summed E-state index contributed by atoms with van der Waals surface area (Å²) in [5.41, 5.74) is 19.1. The highest BCUT2D eigenvalue weighted by molar-refractivity contribution is 6.19. The third-order valence-electron chi connectivity index (χ3n) is 14.6. The minimum absolute atomic E-state index is 0.587. The number of rotatable bonds is 8. The minimum atomic E-state index is 0.587. The molecule has 13 aromatic rings. The maximum Gasteiger partial charge on any atom is 0.164 e. The van der Waals surface area contributed by atoms with Crippen molar-refractivity contribution in [3.8, 4) is 118 Å². The van der Waals surface area contributed by atoms with Gasteiger partial charge in [0.1, 0.15) is 0 Å². The molecule has 1 aliphatic rings. The molecule has 342 valence electrons. The van der Waals surface area contributed by atoms with E-state index >= 15 is 0 Å². The second-order valence-corrected chi connectivity index (χ2v) is 19.0. The van der Waals surface area contributed by atoms with Crippen molar-refractivity contribution < 1.29 is 0 Å². The van der Waals surface area contributed by atoms with E-state index in [1.807, 2.05) is 42.5 Å². The summed E-state index contributed by atoms with van der Waals surface area (Å²) in [6.07, 6.45) is 0. The predicted octanol–water partition coefficient (Wildman–Crippen LogP) is 18.2. The molecule has 0 saturated carbocycles. The molecule has 0 fully saturated rings. The summed E-state index contributed by atoms with van der Waals surface area (Å²) in [4.78, 5) is 15.4. The summed E-state index contributed by atoms with van der Waals surface area (Å²) in [7, 11) is 0. The maximum absolute atomic E-state index is 10.4. The molecule has 1 heterocycles. The van der Waals surface area contributed by atoms with E-state index in [1.165, 1.54) is 60.1 Å². The lowest BCUT2D eigenvalue weighted by atomic mass is 9.91. The van der Waals surface area contributed by atoms with Crippen LogP contribution in [0.2, 0.25) is 0 Å². The van der Waals surface area contributed by atoms with Crippen LogP contribution in [0.1, 0.15) is 5.56 Å². The Labute approximate surface area is 428 Å². The zero-order valence-electron chi connectivity index (χ0n) is 40.0. The van der Waals surface area contributed by atoms with Crippen LogP contribution in [0.4, 0.5) is 0 Å². The first kappa shape index (κ1) is 42.8. The summed E-state index contributed by atoms with van der Waals surface area (Å²) in [5, 5.41) is 17.8. The molecule has 1 aliphatic carbocycles. The third kappa shape index (κ3) is 7.43. The Bertz CT molecular complexity index is 4420. The second-order valence-electron chi connectivity index (χ2n) is 19.0. The molecule has 0 aliphatic heterocycles. The quantitative estimate of drug-likeness (QED) is 0.142. The Morgan fingerprint density at radius 2 is 0.649 bits per heavy atom.